The average molecular weight is 504 g/mol. The number of hydrogen-bond acceptors (Lipinski definition) is 6. The first-order valence-electron chi connectivity index (χ1n) is 12.9. The van der Waals surface area contributed by atoms with E-state index in [9.17, 15) is 24.4 Å². The van der Waals surface area contributed by atoms with Gasteiger partial charge in [-0.05, 0) is 55.7 Å². The highest BCUT2D eigenvalue weighted by molar-refractivity contribution is 6.06. The molecule has 1 aliphatic heterocycles. The van der Waals surface area contributed by atoms with E-state index in [1.165, 1.54) is 0 Å². The average Bonchev–Trinajstić information content (AvgIpc) is 3.51. The van der Waals surface area contributed by atoms with Crippen molar-refractivity contribution in [3.63, 3.8) is 0 Å². The highest BCUT2D eigenvalue weighted by Crippen LogP contribution is 2.55. The summed E-state index contributed by atoms with van der Waals surface area (Å²) in [5.41, 5.74) is -0.193. The first kappa shape index (κ1) is 23.5. The molecule has 2 aromatic rings. The van der Waals surface area contributed by atoms with Crippen LogP contribution in [0.5, 0.6) is 5.75 Å². The van der Waals surface area contributed by atoms with Gasteiger partial charge in [-0.15, -0.1) is 0 Å². The Kier molecular flexibility index (Phi) is 5.48. The van der Waals surface area contributed by atoms with Crippen LogP contribution in [0.3, 0.4) is 0 Å². The predicted octanol–water partition coefficient (Wildman–Crippen LogP) is 1.77. The van der Waals surface area contributed by atoms with E-state index in [0.29, 0.717) is 36.6 Å². The number of nitriles is 1. The quantitative estimate of drug-likeness (QED) is 0.423. The molecule has 10 heteroatoms. The minimum Gasteiger partial charge on any atom is -0.496 e. The second kappa shape index (κ2) is 8.61. The number of amides is 4. The first-order chi connectivity index (χ1) is 17.8. The van der Waals surface area contributed by atoms with Crippen LogP contribution >= 0.6 is 0 Å². The second-order valence-corrected chi connectivity index (χ2v) is 10.9. The van der Waals surface area contributed by atoms with E-state index in [-0.39, 0.29) is 17.7 Å². The van der Waals surface area contributed by atoms with Crippen LogP contribution in [-0.4, -0.2) is 47.3 Å². The summed E-state index contributed by atoms with van der Waals surface area (Å²) in [7, 11) is 1.56. The Balaban J connectivity index is 1.23. The molecular formula is C27H29N5O5. The normalized spacial score (nSPS) is 30.8. The van der Waals surface area contributed by atoms with E-state index < -0.39 is 41.1 Å². The van der Waals surface area contributed by atoms with E-state index >= 15 is 0 Å². The van der Waals surface area contributed by atoms with Gasteiger partial charge in [0.25, 0.3) is 5.91 Å². The molecule has 5 aliphatic rings. The van der Waals surface area contributed by atoms with Gasteiger partial charge in [0.05, 0.1) is 25.0 Å². The zero-order valence-electron chi connectivity index (χ0n) is 20.5. The lowest BCUT2D eigenvalue weighted by Gasteiger charge is -2.52. The molecule has 37 heavy (non-hydrogen) atoms. The van der Waals surface area contributed by atoms with Gasteiger partial charge in [0, 0.05) is 16.8 Å². The summed E-state index contributed by atoms with van der Waals surface area (Å²) in [6.45, 7) is 0. The molecule has 5 fully saturated rings. The van der Waals surface area contributed by atoms with Crippen LogP contribution in [0, 0.1) is 40.9 Å². The molecule has 10 nitrogen and oxygen atoms in total. The summed E-state index contributed by atoms with van der Waals surface area (Å²) in [5.74, 6) is -2.10. The van der Waals surface area contributed by atoms with Gasteiger partial charge in [0.1, 0.15) is 23.0 Å². The molecule has 4 amide bonds. The van der Waals surface area contributed by atoms with Gasteiger partial charge >= 0.3 is 0 Å². The SMILES string of the molecule is COc1cccc2[nH]c(C(=O)N[C@@H](CC3CC3)C(=O)N[C@@]3(C#N)CC4CC[C@H]3[C@H]3C(=O)NC(=O)C43)cc12. The topological polar surface area (TPSA) is 153 Å². The van der Waals surface area contributed by atoms with Crippen LogP contribution in [-0.2, 0) is 14.4 Å². The van der Waals surface area contributed by atoms with Gasteiger partial charge in [-0.3, -0.25) is 24.5 Å². The number of carbonyl (C=O) groups excluding carboxylic acids is 4. The van der Waals surface area contributed by atoms with Gasteiger partial charge in [0.15, 0.2) is 0 Å². The number of aromatic nitrogens is 1. The number of fused-ring (bicyclic) bond motifs is 3. The molecule has 4 aliphatic carbocycles. The molecule has 4 saturated carbocycles. The molecule has 1 aromatic carbocycles. The number of H-pyrrole nitrogens is 1. The fourth-order valence-corrected chi connectivity index (χ4v) is 6.84. The monoisotopic (exact) mass is 503 g/mol. The molecule has 2 unspecified atom stereocenters. The molecule has 0 radical (unpaired) electrons. The third-order valence-corrected chi connectivity index (χ3v) is 8.77. The Morgan fingerprint density at radius 1 is 1.19 bits per heavy atom. The molecule has 0 spiro atoms. The molecule has 1 aromatic heterocycles. The van der Waals surface area contributed by atoms with Crippen molar-refractivity contribution in [2.75, 3.05) is 7.11 Å². The number of nitrogens with one attached hydrogen (secondary N) is 4. The van der Waals surface area contributed by atoms with Crippen LogP contribution in [0.1, 0.15) is 49.0 Å². The van der Waals surface area contributed by atoms with Crippen molar-refractivity contribution in [3.8, 4) is 11.8 Å². The first-order valence-corrected chi connectivity index (χ1v) is 12.9. The molecule has 192 valence electrons. The molecule has 1 saturated heterocycles. The Morgan fingerprint density at radius 3 is 2.70 bits per heavy atom. The summed E-state index contributed by atoms with van der Waals surface area (Å²) in [6, 6.07) is 8.66. The lowest BCUT2D eigenvalue weighted by molar-refractivity contribution is -0.137. The van der Waals surface area contributed by atoms with Crippen molar-refractivity contribution in [2.24, 2.45) is 29.6 Å². The fourth-order valence-electron chi connectivity index (χ4n) is 6.84. The maximum atomic E-state index is 13.6. The summed E-state index contributed by atoms with van der Waals surface area (Å²) in [4.78, 5) is 54.9. The maximum absolute atomic E-state index is 13.6. The Hall–Kier alpha value is -3.87. The number of hydrogen-bond donors (Lipinski definition) is 4. The summed E-state index contributed by atoms with van der Waals surface area (Å²) < 4.78 is 5.38. The van der Waals surface area contributed by atoms with Crippen LogP contribution in [0.4, 0.5) is 0 Å². The number of carbonyl (C=O) groups is 4. The lowest BCUT2D eigenvalue weighted by atomic mass is 9.52. The highest BCUT2D eigenvalue weighted by atomic mass is 16.5. The number of imide groups is 1. The molecule has 6 atom stereocenters. The molecular weight excluding hydrogens is 474 g/mol. The van der Waals surface area contributed by atoms with Crippen molar-refractivity contribution in [1.82, 2.24) is 20.9 Å². The van der Waals surface area contributed by atoms with Crippen LogP contribution in [0.15, 0.2) is 24.3 Å². The number of nitrogens with zero attached hydrogens (tertiary/aromatic N) is 1. The van der Waals surface area contributed by atoms with E-state index in [2.05, 4.69) is 27.0 Å². The van der Waals surface area contributed by atoms with Gasteiger partial charge in [-0.25, -0.2) is 0 Å². The van der Waals surface area contributed by atoms with Crippen LogP contribution in [0.2, 0.25) is 0 Å². The van der Waals surface area contributed by atoms with Crippen molar-refractivity contribution in [3.05, 3.63) is 30.0 Å². The van der Waals surface area contributed by atoms with E-state index in [4.69, 9.17) is 4.74 Å². The van der Waals surface area contributed by atoms with Crippen molar-refractivity contribution >= 4 is 34.5 Å². The Morgan fingerprint density at radius 2 is 1.97 bits per heavy atom. The highest BCUT2D eigenvalue weighted by Gasteiger charge is 2.64. The summed E-state index contributed by atoms with van der Waals surface area (Å²) in [5, 5.41) is 19.3. The minimum absolute atomic E-state index is 0.140. The number of aromatic amines is 1. The van der Waals surface area contributed by atoms with Crippen molar-refractivity contribution in [1.29, 1.82) is 5.26 Å². The molecule has 2 bridgehead atoms. The second-order valence-electron chi connectivity index (χ2n) is 10.9. The van der Waals surface area contributed by atoms with Gasteiger partial charge in [-0.1, -0.05) is 18.9 Å². The van der Waals surface area contributed by atoms with Crippen molar-refractivity contribution in [2.45, 2.75) is 50.1 Å². The number of benzene rings is 1. The van der Waals surface area contributed by atoms with Gasteiger partial charge in [-0.2, -0.15) is 5.26 Å². The predicted molar refractivity (Wildman–Crippen MR) is 131 cm³/mol. The number of ether oxygens (including phenoxy) is 1. The summed E-state index contributed by atoms with van der Waals surface area (Å²) >= 11 is 0. The zero-order valence-corrected chi connectivity index (χ0v) is 20.5. The number of rotatable bonds is 7. The largest absolute Gasteiger partial charge is 0.496 e. The maximum Gasteiger partial charge on any atom is 0.268 e. The third kappa shape index (κ3) is 3.84. The van der Waals surface area contributed by atoms with Gasteiger partial charge in [0.2, 0.25) is 17.7 Å². The summed E-state index contributed by atoms with van der Waals surface area (Å²) in [6.07, 6.45) is 4.12. The van der Waals surface area contributed by atoms with Crippen LogP contribution < -0.4 is 20.7 Å². The smallest absolute Gasteiger partial charge is 0.268 e. The van der Waals surface area contributed by atoms with Crippen molar-refractivity contribution < 1.29 is 23.9 Å². The fraction of sp³-hybridized carbons (Fsp3) is 0.519. The molecule has 7 rings (SSSR count). The van der Waals surface area contributed by atoms with E-state index in [1.807, 2.05) is 18.2 Å². The number of methoxy groups -OCH3 is 1. The Bertz CT molecular complexity index is 1360. The van der Waals surface area contributed by atoms with Crippen LogP contribution in [0.25, 0.3) is 10.9 Å². The van der Waals surface area contributed by atoms with Gasteiger partial charge < -0.3 is 20.4 Å². The van der Waals surface area contributed by atoms with E-state index in [0.717, 1.165) is 30.2 Å². The Labute approximate surface area is 213 Å². The standard InChI is InChI=1S/C27H29N5O5/c1-37-20-4-2-3-17-15(20)10-19(29-17)23(33)30-18(9-13-5-6-13)24(34)32-27(12-28)11-14-7-8-16(27)22-21(14)25(35)31-26(22)36/h2-4,10,13-14,16,18,21-22,29H,5-9,11H2,1H3,(H,30,33)(H,32,34)(H,31,35,36)/t14?,16-,18-,21?,22+,27+/m0/s1. The zero-order chi connectivity index (χ0) is 25.9. The minimum atomic E-state index is -1.25. The third-order valence-electron chi connectivity index (χ3n) is 8.77. The van der Waals surface area contributed by atoms with E-state index in [1.54, 1.807) is 13.2 Å². The molecule has 2 heterocycles. The lowest BCUT2D eigenvalue weighted by Crippen LogP contribution is -2.66. The molecule has 4 N–H and O–H groups in total.